The van der Waals surface area contributed by atoms with Crippen LogP contribution in [0.1, 0.15) is 55.1 Å². The van der Waals surface area contributed by atoms with Crippen molar-refractivity contribution in [3.63, 3.8) is 0 Å². The Morgan fingerprint density at radius 3 is 2.74 bits per heavy atom. The van der Waals surface area contributed by atoms with Crippen molar-refractivity contribution < 1.29 is 9.88 Å². The van der Waals surface area contributed by atoms with E-state index in [1.165, 1.54) is 42.6 Å². The van der Waals surface area contributed by atoms with Crippen LogP contribution in [0.2, 0.25) is 0 Å². The van der Waals surface area contributed by atoms with E-state index in [0.717, 1.165) is 55.3 Å². The minimum Gasteiger partial charge on any atom is -0.322 e. The summed E-state index contributed by atoms with van der Waals surface area (Å²) < 4.78 is 2.09. The number of hydrogen-bond acceptors (Lipinski definition) is 5. The molecule has 1 saturated carbocycles. The molecule has 2 N–H and O–H groups in total. The molecule has 1 saturated heterocycles. The smallest absolute Gasteiger partial charge is 0.293 e. The minimum absolute atomic E-state index is 0.466. The summed E-state index contributed by atoms with van der Waals surface area (Å²) in [5.74, 6) is 1.95. The van der Waals surface area contributed by atoms with Gasteiger partial charge in [-0.1, -0.05) is 30.9 Å². The highest BCUT2D eigenvalue weighted by molar-refractivity contribution is 5.79. The van der Waals surface area contributed by atoms with E-state index in [2.05, 4.69) is 61.3 Å². The molecule has 8 nitrogen and oxygen atoms in total. The van der Waals surface area contributed by atoms with Gasteiger partial charge in [0.25, 0.3) is 5.82 Å². The zero-order valence-corrected chi connectivity index (χ0v) is 18.1. The number of fused-ring (bicyclic) bond motifs is 1. The lowest BCUT2D eigenvalue weighted by Crippen LogP contribution is -3.13. The lowest BCUT2D eigenvalue weighted by molar-refractivity contribution is -0.915. The lowest BCUT2D eigenvalue weighted by atomic mass is 9.95. The van der Waals surface area contributed by atoms with Gasteiger partial charge in [0.05, 0.1) is 6.04 Å². The second-order valence-corrected chi connectivity index (χ2v) is 8.98. The number of nitrogens with one attached hydrogen (secondary N) is 2. The van der Waals surface area contributed by atoms with Crippen LogP contribution in [0.15, 0.2) is 24.3 Å². The average Bonchev–Trinajstić information content (AvgIpc) is 3.27. The summed E-state index contributed by atoms with van der Waals surface area (Å²) in [6.45, 7) is 6.76. The highest BCUT2D eigenvalue weighted by Gasteiger charge is 2.31. The van der Waals surface area contributed by atoms with Gasteiger partial charge in [-0.3, -0.25) is 0 Å². The normalized spacial score (nSPS) is 18.4. The molecule has 2 aromatic heterocycles. The number of nitrogens with zero attached hydrogens (tertiary/aromatic N) is 6. The molecule has 31 heavy (non-hydrogen) atoms. The van der Waals surface area contributed by atoms with Gasteiger partial charge in [0.1, 0.15) is 49.9 Å². The van der Waals surface area contributed by atoms with Crippen molar-refractivity contribution in [2.45, 2.75) is 51.6 Å². The zero-order valence-electron chi connectivity index (χ0n) is 18.1. The van der Waals surface area contributed by atoms with Crippen molar-refractivity contribution >= 4 is 16.7 Å². The lowest BCUT2D eigenvalue weighted by Gasteiger charge is -2.29. The van der Waals surface area contributed by atoms with Gasteiger partial charge in [0.2, 0.25) is 5.82 Å². The monoisotopic (exact) mass is 418 g/mol. The van der Waals surface area contributed by atoms with Crippen LogP contribution in [0.5, 0.6) is 0 Å². The van der Waals surface area contributed by atoms with E-state index in [9.17, 15) is 5.26 Å². The van der Waals surface area contributed by atoms with E-state index in [1.54, 1.807) is 0 Å². The number of H-pyrrole nitrogens is 1. The summed E-state index contributed by atoms with van der Waals surface area (Å²) in [4.78, 5) is 7.32. The molecule has 1 aliphatic carbocycles. The molecule has 0 spiro atoms. The van der Waals surface area contributed by atoms with E-state index >= 15 is 0 Å². The van der Waals surface area contributed by atoms with E-state index in [-0.39, 0.29) is 0 Å². The fraction of sp³-hybridized carbons (Fsp3) is 0.522. The number of aromatic nitrogens is 5. The van der Waals surface area contributed by atoms with Crippen LogP contribution in [0, 0.1) is 18.3 Å². The number of quaternary nitrogens is 1. The van der Waals surface area contributed by atoms with Crippen molar-refractivity contribution in [1.82, 2.24) is 20.2 Å². The third-order valence-corrected chi connectivity index (χ3v) is 6.81. The molecular formula is C23H30N8+2. The Morgan fingerprint density at radius 1 is 1.16 bits per heavy atom. The molecule has 3 heterocycles. The minimum atomic E-state index is 0.466. The van der Waals surface area contributed by atoms with Crippen molar-refractivity contribution in [2.24, 2.45) is 0 Å². The second-order valence-electron chi connectivity index (χ2n) is 8.98. The highest BCUT2D eigenvalue weighted by atomic mass is 15.6. The van der Waals surface area contributed by atoms with Crippen LogP contribution >= 0.6 is 0 Å². The molecule has 2 fully saturated rings. The molecule has 1 aliphatic heterocycles. The average molecular weight is 419 g/mol. The van der Waals surface area contributed by atoms with Gasteiger partial charge >= 0.3 is 0 Å². The summed E-state index contributed by atoms with van der Waals surface area (Å²) in [5, 5.41) is 23.5. The summed E-state index contributed by atoms with van der Waals surface area (Å²) in [6.07, 6.45) is 6.26. The molecule has 0 atom stereocenters. The predicted octanol–water partition coefficient (Wildman–Crippen LogP) is 1.23. The standard InChI is InChI=1S/C23H28N8/c1-17-7-8-21-18(13-17)14-19(15-24)23(25-21)30-11-9-29(10-12-30)16-22-26-27-28-31(22)20-5-3-2-4-6-20/h7-8,13-14,20H,2-6,9-12,16H2,1H3/p+2. The van der Waals surface area contributed by atoms with Gasteiger partial charge in [-0.2, -0.15) is 5.26 Å². The van der Waals surface area contributed by atoms with Gasteiger partial charge in [0.15, 0.2) is 0 Å². The van der Waals surface area contributed by atoms with Crippen LogP contribution < -0.4 is 14.8 Å². The van der Waals surface area contributed by atoms with Gasteiger partial charge < -0.3 is 4.90 Å². The largest absolute Gasteiger partial charge is 0.322 e. The zero-order chi connectivity index (χ0) is 21.2. The Hall–Kier alpha value is -3.05. The Bertz CT molecular complexity index is 1100. The summed E-state index contributed by atoms with van der Waals surface area (Å²) in [5.41, 5.74) is 2.98. The predicted molar refractivity (Wildman–Crippen MR) is 117 cm³/mol. The quantitative estimate of drug-likeness (QED) is 0.688. The van der Waals surface area contributed by atoms with E-state index in [1.807, 2.05) is 6.07 Å². The third-order valence-electron chi connectivity index (χ3n) is 6.81. The van der Waals surface area contributed by atoms with E-state index in [0.29, 0.717) is 11.6 Å². The van der Waals surface area contributed by atoms with Crippen LogP contribution in [0.25, 0.3) is 10.9 Å². The molecular weight excluding hydrogens is 388 g/mol. The van der Waals surface area contributed by atoms with Gasteiger partial charge in [-0.25, -0.2) is 14.6 Å². The molecule has 0 bridgehead atoms. The van der Waals surface area contributed by atoms with Crippen LogP contribution in [0.3, 0.4) is 0 Å². The summed E-state index contributed by atoms with van der Waals surface area (Å²) in [7, 11) is 0. The Kier molecular flexibility index (Phi) is 5.51. The first-order valence-electron chi connectivity index (χ1n) is 11.4. The molecule has 0 unspecified atom stereocenters. The fourth-order valence-corrected chi connectivity index (χ4v) is 5.05. The maximum atomic E-state index is 9.73. The number of piperazine rings is 1. The van der Waals surface area contributed by atoms with Gasteiger partial charge in [-0.05, 0) is 48.4 Å². The molecule has 8 heteroatoms. The number of rotatable bonds is 4. The number of anilines is 1. The van der Waals surface area contributed by atoms with Gasteiger partial charge in [-0.15, -0.1) is 5.10 Å². The van der Waals surface area contributed by atoms with Crippen molar-refractivity contribution in [2.75, 3.05) is 31.1 Å². The van der Waals surface area contributed by atoms with Crippen LogP contribution in [-0.4, -0.2) is 46.4 Å². The number of nitriles is 1. The van der Waals surface area contributed by atoms with Crippen molar-refractivity contribution in [1.29, 1.82) is 5.26 Å². The van der Waals surface area contributed by atoms with Crippen molar-refractivity contribution in [3.8, 4) is 6.07 Å². The third kappa shape index (κ3) is 4.10. The topological polar surface area (TPSA) is 89.2 Å². The first-order chi connectivity index (χ1) is 15.2. The Morgan fingerprint density at radius 2 is 1.97 bits per heavy atom. The number of aryl methyl sites for hydroxylation is 1. The second kappa shape index (κ2) is 8.60. The maximum Gasteiger partial charge on any atom is 0.293 e. The number of benzene rings is 1. The van der Waals surface area contributed by atoms with Crippen molar-refractivity contribution in [3.05, 3.63) is 41.2 Å². The number of pyridine rings is 1. The Labute approximate surface area is 182 Å². The molecule has 5 rings (SSSR count). The molecule has 160 valence electrons. The molecule has 3 aromatic rings. The first kappa shape index (κ1) is 19.9. The fourth-order valence-electron chi connectivity index (χ4n) is 5.05. The first-order valence-corrected chi connectivity index (χ1v) is 11.4. The molecule has 0 radical (unpaired) electrons. The van der Waals surface area contributed by atoms with E-state index < -0.39 is 0 Å². The van der Waals surface area contributed by atoms with E-state index in [4.69, 9.17) is 0 Å². The number of aromatic amines is 1. The van der Waals surface area contributed by atoms with Crippen LogP contribution in [-0.2, 0) is 6.54 Å². The summed E-state index contributed by atoms with van der Waals surface area (Å²) in [6, 6.07) is 11.2. The molecule has 1 aromatic carbocycles. The molecule has 2 aliphatic rings. The van der Waals surface area contributed by atoms with Crippen LogP contribution in [0.4, 0.5) is 5.82 Å². The maximum absolute atomic E-state index is 9.73. The van der Waals surface area contributed by atoms with Gasteiger partial charge in [0, 0.05) is 5.39 Å². The Balaban J connectivity index is 1.28. The number of tetrazole rings is 1. The SMILES string of the molecule is Cc1ccc2[nH+]c(N3CC[NH+](Cc4nnnn4C4CCCCC4)CC3)c(C#N)cc2c1. The summed E-state index contributed by atoms with van der Waals surface area (Å²) >= 11 is 0. The molecule has 0 amide bonds. The highest BCUT2D eigenvalue weighted by Crippen LogP contribution is 2.27. The number of hydrogen-bond donors (Lipinski definition) is 1.